The number of hydrogen-bond acceptors (Lipinski definition) is 3. The standard InChI is InChI=1S/C15H20N2O3/c1-2-10(5-6-18)9-16-15(20)12-4-3-11-8-14(19)17-13(11)7-12/h3-4,7,10,18H,2,5-6,8-9H2,1H3,(H,16,20)(H,17,19). The Bertz CT molecular complexity index is 514. The molecule has 1 aromatic carbocycles. The molecule has 2 amide bonds. The normalized spacial score (nSPS) is 14.6. The maximum absolute atomic E-state index is 12.1. The Balaban J connectivity index is 1.96. The molecule has 0 bridgehead atoms. The van der Waals surface area contributed by atoms with Gasteiger partial charge in [-0.3, -0.25) is 9.59 Å². The summed E-state index contributed by atoms with van der Waals surface area (Å²) in [7, 11) is 0. The average Bonchev–Trinajstić information content (AvgIpc) is 2.82. The lowest BCUT2D eigenvalue weighted by Gasteiger charge is -2.14. The van der Waals surface area contributed by atoms with E-state index in [0.29, 0.717) is 24.9 Å². The molecule has 0 radical (unpaired) electrons. The third-order valence-electron chi connectivity index (χ3n) is 3.66. The fourth-order valence-electron chi connectivity index (χ4n) is 2.33. The van der Waals surface area contributed by atoms with Gasteiger partial charge in [0.1, 0.15) is 0 Å². The number of benzene rings is 1. The summed E-state index contributed by atoms with van der Waals surface area (Å²) in [5.74, 6) is 0.106. The number of nitrogens with one attached hydrogen (secondary N) is 2. The second kappa shape index (κ2) is 6.52. The first-order valence-corrected chi connectivity index (χ1v) is 6.96. The number of hydrogen-bond donors (Lipinski definition) is 3. The molecule has 1 aromatic rings. The van der Waals surface area contributed by atoms with Crippen LogP contribution in [0.25, 0.3) is 0 Å². The molecule has 5 nitrogen and oxygen atoms in total. The minimum Gasteiger partial charge on any atom is -0.396 e. The smallest absolute Gasteiger partial charge is 0.251 e. The number of rotatable bonds is 6. The quantitative estimate of drug-likeness (QED) is 0.733. The van der Waals surface area contributed by atoms with E-state index in [0.717, 1.165) is 17.7 Å². The van der Waals surface area contributed by atoms with E-state index in [1.165, 1.54) is 0 Å². The molecule has 0 fully saturated rings. The number of fused-ring (bicyclic) bond motifs is 1. The van der Waals surface area contributed by atoms with Gasteiger partial charge >= 0.3 is 0 Å². The van der Waals surface area contributed by atoms with Crippen molar-refractivity contribution < 1.29 is 14.7 Å². The van der Waals surface area contributed by atoms with Gasteiger partial charge in [-0.15, -0.1) is 0 Å². The van der Waals surface area contributed by atoms with Crippen LogP contribution in [-0.2, 0) is 11.2 Å². The highest BCUT2D eigenvalue weighted by Gasteiger charge is 2.19. The van der Waals surface area contributed by atoms with Gasteiger partial charge < -0.3 is 15.7 Å². The molecular formula is C15H20N2O3. The molecule has 108 valence electrons. The topological polar surface area (TPSA) is 78.4 Å². The Hall–Kier alpha value is -1.88. The summed E-state index contributed by atoms with van der Waals surface area (Å²) in [5.41, 5.74) is 2.20. The van der Waals surface area contributed by atoms with Crippen LogP contribution in [0.5, 0.6) is 0 Å². The van der Waals surface area contributed by atoms with Gasteiger partial charge in [0, 0.05) is 24.4 Å². The summed E-state index contributed by atoms with van der Waals surface area (Å²) in [6.45, 7) is 2.73. The molecule has 1 heterocycles. The minimum atomic E-state index is -0.148. The minimum absolute atomic E-state index is 0.0356. The average molecular weight is 276 g/mol. The second-order valence-electron chi connectivity index (χ2n) is 5.09. The molecule has 0 saturated heterocycles. The van der Waals surface area contributed by atoms with E-state index >= 15 is 0 Å². The van der Waals surface area contributed by atoms with Crippen molar-refractivity contribution in [1.29, 1.82) is 0 Å². The van der Waals surface area contributed by atoms with E-state index in [4.69, 9.17) is 5.11 Å². The van der Waals surface area contributed by atoms with Gasteiger partial charge in [0.05, 0.1) is 6.42 Å². The predicted molar refractivity (Wildman–Crippen MR) is 76.6 cm³/mol. The molecule has 1 aliphatic rings. The summed E-state index contributed by atoms with van der Waals surface area (Å²) < 4.78 is 0. The van der Waals surface area contributed by atoms with Crippen molar-refractivity contribution in [2.75, 3.05) is 18.5 Å². The summed E-state index contributed by atoms with van der Waals surface area (Å²) in [5, 5.41) is 14.5. The summed E-state index contributed by atoms with van der Waals surface area (Å²) in [4.78, 5) is 23.3. The van der Waals surface area contributed by atoms with Gasteiger partial charge in [0.15, 0.2) is 0 Å². The van der Waals surface area contributed by atoms with Crippen LogP contribution in [0.1, 0.15) is 35.7 Å². The van der Waals surface area contributed by atoms with Crippen molar-refractivity contribution in [2.24, 2.45) is 5.92 Å². The van der Waals surface area contributed by atoms with Crippen LogP contribution in [0.15, 0.2) is 18.2 Å². The molecule has 1 aliphatic heterocycles. The van der Waals surface area contributed by atoms with Gasteiger partial charge in [-0.25, -0.2) is 0 Å². The number of amides is 2. The molecule has 0 saturated carbocycles. The van der Waals surface area contributed by atoms with Crippen LogP contribution in [-0.4, -0.2) is 30.1 Å². The van der Waals surface area contributed by atoms with E-state index in [1.54, 1.807) is 12.1 Å². The largest absolute Gasteiger partial charge is 0.396 e. The molecule has 1 atom stereocenters. The fraction of sp³-hybridized carbons (Fsp3) is 0.467. The first kappa shape index (κ1) is 14.5. The van der Waals surface area contributed by atoms with Gasteiger partial charge in [-0.05, 0) is 30.0 Å². The Kier molecular flexibility index (Phi) is 4.74. The molecule has 0 spiro atoms. The number of anilines is 1. The number of carbonyl (C=O) groups is 2. The lowest BCUT2D eigenvalue weighted by atomic mass is 10.0. The van der Waals surface area contributed by atoms with Gasteiger partial charge in [0.2, 0.25) is 5.91 Å². The Morgan fingerprint density at radius 1 is 1.50 bits per heavy atom. The molecule has 1 unspecified atom stereocenters. The Labute approximate surface area is 118 Å². The predicted octanol–water partition coefficient (Wildman–Crippen LogP) is 1.32. The molecular weight excluding hydrogens is 256 g/mol. The number of aliphatic hydroxyl groups excluding tert-OH is 1. The van der Waals surface area contributed by atoms with Crippen molar-refractivity contribution in [2.45, 2.75) is 26.2 Å². The highest BCUT2D eigenvalue weighted by atomic mass is 16.3. The van der Waals surface area contributed by atoms with E-state index in [1.807, 2.05) is 13.0 Å². The van der Waals surface area contributed by atoms with Gasteiger partial charge in [-0.2, -0.15) is 0 Å². The zero-order valence-corrected chi connectivity index (χ0v) is 11.6. The maximum Gasteiger partial charge on any atom is 0.251 e. The lowest BCUT2D eigenvalue weighted by molar-refractivity contribution is -0.115. The van der Waals surface area contributed by atoms with Crippen molar-refractivity contribution in [3.8, 4) is 0 Å². The summed E-state index contributed by atoms with van der Waals surface area (Å²) >= 11 is 0. The molecule has 20 heavy (non-hydrogen) atoms. The fourth-order valence-corrected chi connectivity index (χ4v) is 2.33. The first-order valence-electron chi connectivity index (χ1n) is 6.96. The van der Waals surface area contributed by atoms with Gasteiger partial charge in [0.25, 0.3) is 5.91 Å². The van der Waals surface area contributed by atoms with E-state index in [-0.39, 0.29) is 24.3 Å². The zero-order chi connectivity index (χ0) is 14.5. The van der Waals surface area contributed by atoms with Crippen LogP contribution in [0.2, 0.25) is 0 Å². The molecule has 2 rings (SSSR count). The van der Waals surface area contributed by atoms with E-state index in [2.05, 4.69) is 10.6 Å². The summed E-state index contributed by atoms with van der Waals surface area (Å²) in [6.07, 6.45) is 1.99. The third kappa shape index (κ3) is 3.36. The van der Waals surface area contributed by atoms with Crippen molar-refractivity contribution in [3.05, 3.63) is 29.3 Å². The lowest BCUT2D eigenvalue weighted by Crippen LogP contribution is -2.29. The Morgan fingerprint density at radius 3 is 3.00 bits per heavy atom. The van der Waals surface area contributed by atoms with Crippen LogP contribution in [0.4, 0.5) is 5.69 Å². The molecule has 3 N–H and O–H groups in total. The van der Waals surface area contributed by atoms with Crippen LogP contribution >= 0.6 is 0 Å². The highest BCUT2D eigenvalue weighted by Crippen LogP contribution is 2.23. The number of aliphatic hydroxyl groups is 1. The van der Waals surface area contributed by atoms with Crippen molar-refractivity contribution >= 4 is 17.5 Å². The Morgan fingerprint density at radius 2 is 2.30 bits per heavy atom. The first-order chi connectivity index (χ1) is 9.63. The van der Waals surface area contributed by atoms with Crippen LogP contribution in [0.3, 0.4) is 0 Å². The highest BCUT2D eigenvalue weighted by molar-refractivity contribution is 6.02. The molecule has 5 heteroatoms. The molecule has 0 aromatic heterocycles. The van der Waals surface area contributed by atoms with Crippen LogP contribution < -0.4 is 10.6 Å². The van der Waals surface area contributed by atoms with E-state index < -0.39 is 0 Å². The molecule has 0 aliphatic carbocycles. The van der Waals surface area contributed by atoms with E-state index in [9.17, 15) is 9.59 Å². The SMILES string of the molecule is CCC(CCO)CNC(=O)c1ccc2c(c1)NC(=O)C2. The maximum atomic E-state index is 12.1. The monoisotopic (exact) mass is 276 g/mol. The third-order valence-corrected chi connectivity index (χ3v) is 3.66. The van der Waals surface area contributed by atoms with Crippen molar-refractivity contribution in [3.63, 3.8) is 0 Å². The van der Waals surface area contributed by atoms with Gasteiger partial charge in [-0.1, -0.05) is 19.4 Å². The number of carbonyl (C=O) groups excluding carboxylic acids is 2. The van der Waals surface area contributed by atoms with Crippen LogP contribution in [0, 0.1) is 5.92 Å². The van der Waals surface area contributed by atoms with Crippen molar-refractivity contribution in [1.82, 2.24) is 5.32 Å². The zero-order valence-electron chi connectivity index (χ0n) is 11.6. The summed E-state index contributed by atoms with van der Waals surface area (Å²) in [6, 6.07) is 5.26. The second-order valence-corrected chi connectivity index (χ2v) is 5.09.